The molecule has 0 saturated carbocycles. The van der Waals surface area contributed by atoms with Crippen LogP contribution in [0.25, 0.3) is 0 Å². The number of rotatable bonds is 6. The molecule has 0 unspecified atom stereocenters. The second-order valence-corrected chi connectivity index (χ2v) is 5.41. The average molecular weight is 277 g/mol. The smallest absolute Gasteiger partial charge is 0.191 e. The lowest BCUT2D eigenvalue weighted by Crippen LogP contribution is -2.07. The summed E-state index contributed by atoms with van der Waals surface area (Å²) in [5.41, 5.74) is 1.23. The molecule has 0 amide bonds. The van der Waals surface area contributed by atoms with E-state index in [0.29, 0.717) is 6.61 Å². The fourth-order valence-corrected chi connectivity index (χ4v) is 2.51. The highest BCUT2D eigenvalue weighted by atomic mass is 32.2. The van der Waals surface area contributed by atoms with E-state index in [4.69, 9.17) is 4.74 Å². The molecule has 1 aromatic carbocycles. The highest BCUT2D eigenvalue weighted by Crippen LogP contribution is 2.18. The summed E-state index contributed by atoms with van der Waals surface area (Å²) >= 11 is 1.70. The second-order valence-electron chi connectivity index (χ2n) is 4.18. The molecule has 1 aromatic heterocycles. The summed E-state index contributed by atoms with van der Waals surface area (Å²) < 4.78 is 7.85. The Kier molecular flexibility index (Phi) is 4.85. The first kappa shape index (κ1) is 13.9. The van der Waals surface area contributed by atoms with Gasteiger partial charge in [-0.25, -0.2) is 0 Å². The SMILES string of the molecule is CCSc1nnc(COc2ccc(C)cc2)n1CC. The van der Waals surface area contributed by atoms with Crippen LogP contribution in [0.4, 0.5) is 0 Å². The van der Waals surface area contributed by atoms with Crippen molar-refractivity contribution in [3.63, 3.8) is 0 Å². The Morgan fingerprint density at radius 1 is 1.16 bits per heavy atom. The molecule has 5 heteroatoms. The number of aromatic nitrogens is 3. The topological polar surface area (TPSA) is 39.9 Å². The molecule has 2 rings (SSSR count). The Bertz CT molecular complexity index is 522. The number of thioether (sulfide) groups is 1. The molecule has 0 spiro atoms. The third kappa shape index (κ3) is 3.50. The number of nitrogens with zero attached hydrogens (tertiary/aromatic N) is 3. The zero-order valence-electron chi connectivity index (χ0n) is 11.6. The van der Waals surface area contributed by atoms with Crippen LogP contribution in [-0.2, 0) is 13.2 Å². The number of benzene rings is 1. The summed E-state index contributed by atoms with van der Waals surface area (Å²) in [7, 11) is 0. The lowest BCUT2D eigenvalue weighted by molar-refractivity contribution is 0.288. The van der Waals surface area contributed by atoms with Crippen LogP contribution in [0.3, 0.4) is 0 Å². The molecule has 19 heavy (non-hydrogen) atoms. The van der Waals surface area contributed by atoms with Gasteiger partial charge < -0.3 is 9.30 Å². The zero-order valence-corrected chi connectivity index (χ0v) is 12.4. The van der Waals surface area contributed by atoms with Crippen molar-refractivity contribution in [2.75, 3.05) is 5.75 Å². The van der Waals surface area contributed by atoms with Gasteiger partial charge in [-0.05, 0) is 31.7 Å². The Balaban J connectivity index is 2.04. The number of ether oxygens (including phenoxy) is 1. The second kappa shape index (κ2) is 6.61. The van der Waals surface area contributed by atoms with Crippen LogP contribution in [0.15, 0.2) is 29.4 Å². The van der Waals surface area contributed by atoms with Crippen LogP contribution in [0, 0.1) is 6.92 Å². The van der Waals surface area contributed by atoms with Crippen molar-refractivity contribution >= 4 is 11.8 Å². The van der Waals surface area contributed by atoms with Crippen molar-refractivity contribution in [3.05, 3.63) is 35.7 Å². The summed E-state index contributed by atoms with van der Waals surface area (Å²) in [5.74, 6) is 2.73. The van der Waals surface area contributed by atoms with Crippen LogP contribution < -0.4 is 4.74 Å². The van der Waals surface area contributed by atoms with Gasteiger partial charge in [0.1, 0.15) is 12.4 Å². The summed E-state index contributed by atoms with van der Waals surface area (Å²) in [6, 6.07) is 8.03. The summed E-state index contributed by atoms with van der Waals surface area (Å²) in [5, 5.41) is 9.37. The minimum atomic E-state index is 0.453. The van der Waals surface area contributed by atoms with E-state index in [9.17, 15) is 0 Å². The lowest BCUT2D eigenvalue weighted by Gasteiger charge is -2.08. The van der Waals surface area contributed by atoms with E-state index in [0.717, 1.165) is 29.0 Å². The third-order valence-electron chi connectivity index (χ3n) is 2.77. The quantitative estimate of drug-likeness (QED) is 0.760. The van der Waals surface area contributed by atoms with Gasteiger partial charge in [-0.3, -0.25) is 0 Å². The van der Waals surface area contributed by atoms with Crippen LogP contribution in [0.1, 0.15) is 25.2 Å². The molecule has 0 N–H and O–H groups in total. The van der Waals surface area contributed by atoms with E-state index in [1.165, 1.54) is 5.56 Å². The van der Waals surface area contributed by atoms with Gasteiger partial charge in [0.2, 0.25) is 0 Å². The van der Waals surface area contributed by atoms with E-state index in [1.807, 2.05) is 24.3 Å². The van der Waals surface area contributed by atoms with Gasteiger partial charge in [0.25, 0.3) is 0 Å². The first-order valence-electron chi connectivity index (χ1n) is 6.49. The summed E-state index contributed by atoms with van der Waals surface area (Å²) in [6.07, 6.45) is 0. The predicted molar refractivity (Wildman–Crippen MR) is 77.6 cm³/mol. The monoisotopic (exact) mass is 277 g/mol. The highest BCUT2D eigenvalue weighted by molar-refractivity contribution is 7.99. The normalized spacial score (nSPS) is 10.7. The van der Waals surface area contributed by atoms with Gasteiger partial charge in [0, 0.05) is 6.54 Å². The standard InChI is InChI=1S/C14H19N3OS/c1-4-17-13(15-16-14(17)19-5-2)10-18-12-8-6-11(3)7-9-12/h6-9H,4-5,10H2,1-3H3. The minimum absolute atomic E-state index is 0.453. The lowest BCUT2D eigenvalue weighted by atomic mass is 10.2. The van der Waals surface area contributed by atoms with Crippen molar-refractivity contribution in [3.8, 4) is 5.75 Å². The maximum Gasteiger partial charge on any atom is 0.191 e. The summed E-state index contributed by atoms with van der Waals surface area (Å²) in [4.78, 5) is 0. The van der Waals surface area contributed by atoms with Crippen LogP contribution in [0.5, 0.6) is 5.75 Å². The van der Waals surface area contributed by atoms with Gasteiger partial charge in [-0.2, -0.15) is 0 Å². The van der Waals surface area contributed by atoms with Crippen molar-refractivity contribution in [2.45, 2.75) is 39.1 Å². The maximum atomic E-state index is 5.75. The molecule has 0 aliphatic rings. The zero-order chi connectivity index (χ0) is 13.7. The Morgan fingerprint density at radius 3 is 2.53 bits per heavy atom. The fraction of sp³-hybridized carbons (Fsp3) is 0.429. The van der Waals surface area contributed by atoms with Gasteiger partial charge in [0.15, 0.2) is 11.0 Å². The van der Waals surface area contributed by atoms with Crippen molar-refractivity contribution < 1.29 is 4.74 Å². The van der Waals surface area contributed by atoms with Crippen LogP contribution >= 0.6 is 11.8 Å². The van der Waals surface area contributed by atoms with E-state index in [-0.39, 0.29) is 0 Å². The number of hydrogen-bond acceptors (Lipinski definition) is 4. The van der Waals surface area contributed by atoms with Crippen LogP contribution in [0.2, 0.25) is 0 Å². The molecule has 0 fully saturated rings. The number of aryl methyl sites for hydroxylation is 1. The first-order valence-corrected chi connectivity index (χ1v) is 7.47. The van der Waals surface area contributed by atoms with Crippen molar-refractivity contribution in [1.29, 1.82) is 0 Å². The van der Waals surface area contributed by atoms with E-state index >= 15 is 0 Å². The summed E-state index contributed by atoms with van der Waals surface area (Å²) in [6.45, 7) is 7.59. The molecule has 0 bridgehead atoms. The Labute approximate surface area is 118 Å². The molecule has 102 valence electrons. The third-order valence-corrected chi connectivity index (χ3v) is 3.62. The molecule has 0 aliphatic carbocycles. The Hall–Kier alpha value is -1.49. The molecule has 1 heterocycles. The molecule has 0 radical (unpaired) electrons. The molecule has 0 saturated heterocycles. The van der Waals surface area contributed by atoms with Crippen molar-refractivity contribution in [2.24, 2.45) is 0 Å². The van der Waals surface area contributed by atoms with Crippen LogP contribution in [-0.4, -0.2) is 20.5 Å². The first-order chi connectivity index (χ1) is 9.24. The molecule has 0 atom stereocenters. The molecule has 2 aromatic rings. The highest BCUT2D eigenvalue weighted by Gasteiger charge is 2.10. The van der Waals surface area contributed by atoms with E-state index in [1.54, 1.807) is 11.8 Å². The number of hydrogen-bond donors (Lipinski definition) is 0. The molecular formula is C14H19N3OS. The predicted octanol–water partition coefficient (Wildman–Crippen LogP) is 3.30. The van der Waals surface area contributed by atoms with Gasteiger partial charge >= 0.3 is 0 Å². The van der Waals surface area contributed by atoms with Gasteiger partial charge in [-0.15, -0.1) is 10.2 Å². The van der Waals surface area contributed by atoms with Gasteiger partial charge in [0.05, 0.1) is 0 Å². The Morgan fingerprint density at radius 2 is 1.89 bits per heavy atom. The van der Waals surface area contributed by atoms with Gasteiger partial charge in [-0.1, -0.05) is 36.4 Å². The minimum Gasteiger partial charge on any atom is -0.486 e. The fourth-order valence-electron chi connectivity index (χ4n) is 1.76. The average Bonchev–Trinajstić information content (AvgIpc) is 2.81. The maximum absolute atomic E-state index is 5.75. The molecular weight excluding hydrogens is 258 g/mol. The largest absolute Gasteiger partial charge is 0.486 e. The molecule has 0 aliphatic heterocycles. The van der Waals surface area contributed by atoms with E-state index < -0.39 is 0 Å². The molecule has 4 nitrogen and oxygen atoms in total. The van der Waals surface area contributed by atoms with Crippen molar-refractivity contribution in [1.82, 2.24) is 14.8 Å². The van der Waals surface area contributed by atoms with E-state index in [2.05, 4.69) is 35.5 Å².